The van der Waals surface area contributed by atoms with Gasteiger partial charge in [0, 0.05) is 12.7 Å². The molecule has 0 saturated heterocycles. The zero-order valence-electron chi connectivity index (χ0n) is 9.53. The van der Waals surface area contributed by atoms with Gasteiger partial charge in [0.25, 0.3) is 0 Å². The van der Waals surface area contributed by atoms with Gasteiger partial charge in [-0.2, -0.15) is 5.10 Å². The minimum absolute atomic E-state index is 0.221. The molecule has 4 heteroatoms. The number of aryl methyl sites for hydroxylation is 1. The molecule has 0 bridgehead atoms. The molecule has 1 heterocycles. The maximum Gasteiger partial charge on any atom is 0.204 e. The van der Waals surface area contributed by atoms with Gasteiger partial charge in [-0.1, -0.05) is 20.8 Å². The highest BCUT2D eigenvalue weighted by molar-refractivity contribution is 5.42. The van der Waals surface area contributed by atoms with Crippen molar-refractivity contribution in [2.45, 2.75) is 33.1 Å². The Morgan fingerprint density at radius 1 is 1.50 bits per heavy atom. The number of amides is 1. The van der Waals surface area contributed by atoms with Crippen LogP contribution in [0.4, 0.5) is 0 Å². The lowest BCUT2D eigenvalue weighted by molar-refractivity contribution is -0.106. The van der Waals surface area contributed by atoms with E-state index in [0.717, 1.165) is 0 Å². The summed E-state index contributed by atoms with van der Waals surface area (Å²) >= 11 is 0. The van der Waals surface area contributed by atoms with Crippen LogP contribution >= 0.6 is 0 Å². The summed E-state index contributed by atoms with van der Waals surface area (Å²) in [5, 5.41) is 4.20. The van der Waals surface area contributed by atoms with Crippen LogP contribution in [0.3, 0.4) is 0 Å². The van der Waals surface area contributed by atoms with E-state index in [2.05, 4.69) is 38.5 Å². The predicted octanol–water partition coefficient (Wildman–Crippen LogP) is 1.13. The Hall–Kier alpha value is -1.32. The number of nitrogens with two attached hydrogens (primary N) is 1. The van der Waals surface area contributed by atoms with Gasteiger partial charge in [-0.05, 0) is 17.9 Å². The van der Waals surface area contributed by atoms with E-state index in [9.17, 15) is 0 Å². The van der Waals surface area contributed by atoms with Crippen molar-refractivity contribution in [2.75, 3.05) is 0 Å². The molecule has 2 N–H and O–H groups in total. The number of carbonyl (C=O) groups is 1. The second-order valence-corrected chi connectivity index (χ2v) is 4.15. The molecule has 0 radical (unpaired) electrons. The van der Waals surface area contributed by atoms with E-state index >= 15 is 0 Å². The first-order valence-corrected chi connectivity index (χ1v) is 4.49. The normalized spacial score (nSPS) is 10.4. The van der Waals surface area contributed by atoms with Gasteiger partial charge in [0.15, 0.2) is 0 Å². The van der Waals surface area contributed by atoms with Gasteiger partial charge in [-0.25, -0.2) is 0 Å². The molecular formula is C10H19N3O. The molecule has 4 nitrogen and oxygen atoms in total. The molecule has 1 amide bonds. The Balaban J connectivity index is 0.000000500. The van der Waals surface area contributed by atoms with E-state index in [1.165, 1.54) is 11.3 Å². The molecule has 1 rings (SSSR count). The van der Waals surface area contributed by atoms with Crippen molar-refractivity contribution in [1.29, 1.82) is 0 Å². The first kappa shape index (κ1) is 12.7. The molecule has 0 aromatic carbocycles. The van der Waals surface area contributed by atoms with Crippen molar-refractivity contribution < 1.29 is 4.79 Å². The lowest BCUT2D eigenvalue weighted by atomic mass is 9.88. The predicted molar refractivity (Wildman–Crippen MR) is 56.9 cm³/mol. The zero-order chi connectivity index (χ0) is 11.4. The number of aromatic nitrogens is 2. The van der Waals surface area contributed by atoms with Gasteiger partial charge in [0.2, 0.25) is 6.41 Å². The summed E-state index contributed by atoms with van der Waals surface area (Å²) in [6.07, 6.45) is 2.20. The van der Waals surface area contributed by atoms with E-state index in [1.54, 1.807) is 0 Å². The second kappa shape index (κ2) is 4.79. The average molecular weight is 197 g/mol. The van der Waals surface area contributed by atoms with Gasteiger partial charge >= 0.3 is 0 Å². The average Bonchev–Trinajstić information content (AvgIpc) is 2.33. The molecule has 0 aliphatic heterocycles. The standard InChI is InChI=1S/C9H16N2.CH3NO/c1-7-8(9(2,3)4)6-10-11(7)5;2-1-3/h6H,1-5H3;1H,(H2,2,3). The van der Waals surface area contributed by atoms with E-state index in [1.807, 2.05) is 17.9 Å². The third kappa shape index (κ3) is 3.20. The largest absolute Gasteiger partial charge is 0.372 e. The van der Waals surface area contributed by atoms with Crippen molar-refractivity contribution in [2.24, 2.45) is 12.8 Å². The number of primary amides is 1. The summed E-state index contributed by atoms with van der Waals surface area (Å²) < 4.78 is 1.92. The van der Waals surface area contributed by atoms with E-state index in [4.69, 9.17) is 4.79 Å². The Kier molecular flexibility index (Phi) is 4.34. The Morgan fingerprint density at radius 3 is 2.07 bits per heavy atom. The van der Waals surface area contributed by atoms with Gasteiger partial charge in [-0.3, -0.25) is 9.48 Å². The summed E-state index contributed by atoms with van der Waals surface area (Å²) in [4.78, 5) is 8.58. The summed E-state index contributed by atoms with van der Waals surface area (Å²) in [5.41, 5.74) is 6.98. The van der Waals surface area contributed by atoms with E-state index in [0.29, 0.717) is 0 Å². The molecular weight excluding hydrogens is 178 g/mol. The van der Waals surface area contributed by atoms with Crippen molar-refractivity contribution in [3.05, 3.63) is 17.5 Å². The summed E-state index contributed by atoms with van der Waals surface area (Å²) in [7, 11) is 1.98. The molecule has 0 unspecified atom stereocenters. The monoisotopic (exact) mass is 197 g/mol. The van der Waals surface area contributed by atoms with Crippen LogP contribution in [0, 0.1) is 6.92 Å². The van der Waals surface area contributed by atoms with Crippen LogP contribution in [-0.2, 0) is 17.3 Å². The summed E-state index contributed by atoms with van der Waals surface area (Å²) in [5.74, 6) is 0. The number of carbonyl (C=O) groups excluding carboxylic acids is 1. The third-order valence-electron chi connectivity index (χ3n) is 2.04. The first-order chi connectivity index (χ1) is 6.34. The molecule has 0 aliphatic carbocycles. The smallest absolute Gasteiger partial charge is 0.204 e. The molecule has 0 saturated carbocycles. The van der Waals surface area contributed by atoms with Crippen LogP contribution in [-0.4, -0.2) is 16.2 Å². The quantitative estimate of drug-likeness (QED) is 0.634. The SMILES string of the molecule is Cc1c(C(C)(C)C)cnn1C.NC=O. The van der Waals surface area contributed by atoms with Crippen molar-refractivity contribution >= 4 is 6.41 Å². The zero-order valence-corrected chi connectivity index (χ0v) is 9.53. The topological polar surface area (TPSA) is 60.9 Å². The van der Waals surface area contributed by atoms with Gasteiger partial charge in [0.1, 0.15) is 0 Å². The molecule has 80 valence electrons. The highest BCUT2D eigenvalue weighted by atomic mass is 16.1. The van der Waals surface area contributed by atoms with Crippen LogP contribution in [0.15, 0.2) is 6.20 Å². The van der Waals surface area contributed by atoms with Crippen LogP contribution < -0.4 is 5.73 Å². The Morgan fingerprint density at radius 2 is 1.93 bits per heavy atom. The van der Waals surface area contributed by atoms with Crippen LogP contribution in [0.2, 0.25) is 0 Å². The fourth-order valence-electron chi connectivity index (χ4n) is 1.24. The highest BCUT2D eigenvalue weighted by Gasteiger charge is 2.18. The molecule has 14 heavy (non-hydrogen) atoms. The van der Waals surface area contributed by atoms with Crippen LogP contribution in [0.1, 0.15) is 32.0 Å². The second-order valence-electron chi connectivity index (χ2n) is 4.15. The van der Waals surface area contributed by atoms with Crippen molar-refractivity contribution in [1.82, 2.24) is 9.78 Å². The minimum Gasteiger partial charge on any atom is -0.372 e. The van der Waals surface area contributed by atoms with Crippen LogP contribution in [0.5, 0.6) is 0 Å². The lowest BCUT2D eigenvalue weighted by Gasteiger charge is -2.17. The van der Waals surface area contributed by atoms with Gasteiger partial charge in [-0.15, -0.1) is 0 Å². The van der Waals surface area contributed by atoms with E-state index in [-0.39, 0.29) is 11.8 Å². The fourth-order valence-corrected chi connectivity index (χ4v) is 1.24. The third-order valence-corrected chi connectivity index (χ3v) is 2.04. The maximum absolute atomic E-state index is 8.58. The van der Waals surface area contributed by atoms with Crippen LogP contribution in [0.25, 0.3) is 0 Å². The number of nitrogens with zero attached hydrogens (tertiary/aromatic N) is 2. The fraction of sp³-hybridized carbons (Fsp3) is 0.600. The lowest BCUT2D eigenvalue weighted by Crippen LogP contribution is -2.12. The number of hydrogen-bond donors (Lipinski definition) is 1. The molecule has 0 fully saturated rings. The van der Waals surface area contributed by atoms with Crippen molar-refractivity contribution in [3.8, 4) is 0 Å². The molecule has 0 spiro atoms. The Labute approximate surface area is 85.1 Å². The van der Waals surface area contributed by atoms with E-state index < -0.39 is 0 Å². The molecule has 1 aromatic rings. The summed E-state index contributed by atoms with van der Waals surface area (Å²) in [6, 6.07) is 0. The number of rotatable bonds is 0. The van der Waals surface area contributed by atoms with Gasteiger partial charge < -0.3 is 5.73 Å². The van der Waals surface area contributed by atoms with Crippen molar-refractivity contribution in [3.63, 3.8) is 0 Å². The Bertz CT molecular complexity index is 297. The van der Waals surface area contributed by atoms with Gasteiger partial charge in [0.05, 0.1) is 6.20 Å². The number of hydrogen-bond acceptors (Lipinski definition) is 2. The minimum atomic E-state index is 0.221. The molecule has 0 aliphatic rings. The summed E-state index contributed by atoms with van der Waals surface area (Å²) in [6.45, 7) is 8.72. The molecule has 0 atom stereocenters. The molecule has 1 aromatic heterocycles. The maximum atomic E-state index is 8.58. The highest BCUT2D eigenvalue weighted by Crippen LogP contribution is 2.24. The first-order valence-electron chi connectivity index (χ1n) is 4.49.